The molecular weight excluding hydrogens is 290 g/mol. The van der Waals surface area contributed by atoms with Gasteiger partial charge in [-0.05, 0) is 30.7 Å². The summed E-state index contributed by atoms with van der Waals surface area (Å²) in [4.78, 5) is 16.3. The average molecular weight is 317 g/mol. The number of benzene rings is 1. The van der Waals surface area contributed by atoms with Crippen LogP contribution >= 0.6 is 0 Å². The van der Waals surface area contributed by atoms with Crippen molar-refractivity contribution in [3.8, 4) is 0 Å². The van der Waals surface area contributed by atoms with Crippen LogP contribution in [0.25, 0.3) is 0 Å². The van der Waals surface area contributed by atoms with E-state index in [4.69, 9.17) is 0 Å². The SMILES string of the molecule is O=C(NCCc1ccccc1)N1CCN(CC(O)C2CC2)CC1. The molecule has 0 aromatic heterocycles. The van der Waals surface area contributed by atoms with Crippen molar-refractivity contribution in [3.63, 3.8) is 0 Å². The molecule has 5 nitrogen and oxygen atoms in total. The van der Waals surface area contributed by atoms with Crippen LogP contribution in [0.1, 0.15) is 18.4 Å². The largest absolute Gasteiger partial charge is 0.392 e. The molecule has 1 aliphatic heterocycles. The van der Waals surface area contributed by atoms with Gasteiger partial charge in [-0.3, -0.25) is 4.90 Å². The van der Waals surface area contributed by atoms with Gasteiger partial charge in [0.05, 0.1) is 6.10 Å². The normalized spacial score (nSPS) is 20.3. The fourth-order valence-electron chi connectivity index (χ4n) is 3.10. The van der Waals surface area contributed by atoms with Gasteiger partial charge in [0, 0.05) is 39.3 Å². The number of β-amino-alcohol motifs (C(OH)–C–C–N with tert-alkyl or cyclic N) is 1. The van der Waals surface area contributed by atoms with Gasteiger partial charge in [0.2, 0.25) is 0 Å². The van der Waals surface area contributed by atoms with E-state index in [1.165, 1.54) is 18.4 Å². The van der Waals surface area contributed by atoms with Crippen molar-refractivity contribution in [1.29, 1.82) is 0 Å². The van der Waals surface area contributed by atoms with E-state index in [-0.39, 0.29) is 12.1 Å². The van der Waals surface area contributed by atoms with Gasteiger partial charge in [-0.2, -0.15) is 0 Å². The summed E-state index contributed by atoms with van der Waals surface area (Å²) in [6.45, 7) is 4.63. The second kappa shape index (κ2) is 7.79. The monoisotopic (exact) mass is 317 g/mol. The zero-order valence-corrected chi connectivity index (χ0v) is 13.7. The van der Waals surface area contributed by atoms with E-state index in [0.717, 1.165) is 39.1 Å². The van der Waals surface area contributed by atoms with Crippen LogP contribution in [0, 0.1) is 5.92 Å². The highest BCUT2D eigenvalue weighted by Crippen LogP contribution is 2.32. The zero-order valence-electron chi connectivity index (χ0n) is 13.7. The van der Waals surface area contributed by atoms with Crippen LogP contribution in [0.4, 0.5) is 4.79 Å². The molecule has 3 rings (SSSR count). The smallest absolute Gasteiger partial charge is 0.317 e. The lowest BCUT2D eigenvalue weighted by Gasteiger charge is -2.35. The molecule has 126 valence electrons. The molecule has 1 saturated carbocycles. The molecule has 1 atom stereocenters. The summed E-state index contributed by atoms with van der Waals surface area (Å²) in [5.41, 5.74) is 1.24. The molecule has 0 bridgehead atoms. The van der Waals surface area contributed by atoms with Gasteiger partial charge in [-0.1, -0.05) is 30.3 Å². The van der Waals surface area contributed by atoms with Crippen LogP contribution in [0.15, 0.2) is 30.3 Å². The van der Waals surface area contributed by atoms with Crippen molar-refractivity contribution >= 4 is 6.03 Å². The Labute approximate surface area is 138 Å². The molecular formula is C18H27N3O2. The summed E-state index contributed by atoms with van der Waals surface area (Å²) in [5, 5.41) is 13.0. The fourth-order valence-corrected chi connectivity index (χ4v) is 3.10. The Hall–Kier alpha value is -1.59. The quantitative estimate of drug-likeness (QED) is 0.832. The molecule has 0 spiro atoms. The lowest BCUT2D eigenvalue weighted by molar-refractivity contribution is 0.0697. The maximum absolute atomic E-state index is 12.2. The highest BCUT2D eigenvalue weighted by atomic mass is 16.3. The van der Waals surface area contributed by atoms with Crippen LogP contribution in [-0.2, 0) is 6.42 Å². The Morgan fingerprint density at radius 3 is 2.52 bits per heavy atom. The number of hydrogen-bond donors (Lipinski definition) is 2. The molecule has 1 aliphatic carbocycles. The van der Waals surface area contributed by atoms with Gasteiger partial charge in [-0.15, -0.1) is 0 Å². The number of aliphatic hydroxyl groups excluding tert-OH is 1. The van der Waals surface area contributed by atoms with Gasteiger partial charge in [-0.25, -0.2) is 4.79 Å². The number of nitrogens with one attached hydrogen (secondary N) is 1. The molecule has 0 radical (unpaired) electrons. The average Bonchev–Trinajstić information content (AvgIpc) is 3.41. The Morgan fingerprint density at radius 2 is 1.87 bits per heavy atom. The number of aliphatic hydroxyl groups is 1. The van der Waals surface area contributed by atoms with Crippen LogP contribution < -0.4 is 5.32 Å². The lowest BCUT2D eigenvalue weighted by atomic mass is 10.1. The molecule has 1 saturated heterocycles. The van der Waals surface area contributed by atoms with E-state index in [0.29, 0.717) is 12.5 Å². The van der Waals surface area contributed by atoms with Crippen LogP contribution in [-0.4, -0.2) is 66.3 Å². The second-order valence-electron chi connectivity index (χ2n) is 6.66. The zero-order chi connectivity index (χ0) is 16.1. The first-order valence-electron chi connectivity index (χ1n) is 8.69. The summed E-state index contributed by atoms with van der Waals surface area (Å²) in [5.74, 6) is 0.523. The Kier molecular flexibility index (Phi) is 5.51. The fraction of sp³-hybridized carbons (Fsp3) is 0.611. The number of amides is 2. The lowest BCUT2D eigenvalue weighted by Crippen LogP contribution is -2.53. The number of urea groups is 1. The topological polar surface area (TPSA) is 55.8 Å². The molecule has 5 heteroatoms. The number of carbonyl (C=O) groups excluding carboxylic acids is 1. The number of nitrogens with zero attached hydrogens (tertiary/aromatic N) is 2. The van der Waals surface area contributed by atoms with E-state index in [9.17, 15) is 9.90 Å². The highest BCUT2D eigenvalue weighted by molar-refractivity contribution is 5.74. The number of carbonyl (C=O) groups is 1. The highest BCUT2D eigenvalue weighted by Gasteiger charge is 2.31. The van der Waals surface area contributed by atoms with E-state index in [1.54, 1.807) is 0 Å². The molecule has 1 heterocycles. The summed E-state index contributed by atoms with van der Waals surface area (Å²) in [7, 11) is 0. The van der Waals surface area contributed by atoms with Crippen molar-refractivity contribution in [3.05, 3.63) is 35.9 Å². The summed E-state index contributed by atoms with van der Waals surface area (Å²) < 4.78 is 0. The summed E-state index contributed by atoms with van der Waals surface area (Å²) >= 11 is 0. The minimum atomic E-state index is -0.179. The van der Waals surface area contributed by atoms with Crippen molar-refractivity contribution < 1.29 is 9.90 Å². The first-order valence-corrected chi connectivity index (χ1v) is 8.69. The maximum atomic E-state index is 12.2. The number of piperazine rings is 1. The van der Waals surface area contributed by atoms with Gasteiger partial charge < -0.3 is 15.3 Å². The van der Waals surface area contributed by atoms with Gasteiger partial charge >= 0.3 is 6.03 Å². The van der Waals surface area contributed by atoms with E-state index in [2.05, 4.69) is 22.3 Å². The van der Waals surface area contributed by atoms with E-state index < -0.39 is 0 Å². The van der Waals surface area contributed by atoms with Crippen molar-refractivity contribution in [2.75, 3.05) is 39.3 Å². The van der Waals surface area contributed by atoms with Crippen molar-refractivity contribution in [1.82, 2.24) is 15.1 Å². The molecule has 23 heavy (non-hydrogen) atoms. The molecule has 2 fully saturated rings. The van der Waals surface area contributed by atoms with Gasteiger partial charge in [0.15, 0.2) is 0 Å². The number of hydrogen-bond acceptors (Lipinski definition) is 3. The maximum Gasteiger partial charge on any atom is 0.317 e. The third-order valence-corrected chi connectivity index (χ3v) is 4.80. The summed E-state index contributed by atoms with van der Waals surface area (Å²) in [6.07, 6.45) is 3.02. The van der Waals surface area contributed by atoms with Crippen LogP contribution in [0.3, 0.4) is 0 Å². The Morgan fingerprint density at radius 1 is 1.17 bits per heavy atom. The molecule has 1 unspecified atom stereocenters. The molecule has 2 aliphatic rings. The Bertz CT molecular complexity index is 496. The first kappa shape index (κ1) is 16.3. The Balaban J connectivity index is 1.33. The van der Waals surface area contributed by atoms with E-state index >= 15 is 0 Å². The molecule has 2 amide bonds. The third-order valence-electron chi connectivity index (χ3n) is 4.80. The van der Waals surface area contributed by atoms with Crippen LogP contribution in [0.2, 0.25) is 0 Å². The standard InChI is InChI=1S/C18H27N3O2/c22-17(16-6-7-16)14-20-10-12-21(13-11-20)18(23)19-9-8-15-4-2-1-3-5-15/h1-5,16-17,22H,6-14H2,(H,19,23). The third kappa shape index (κ3) is 4.94. The van der Waals surface area contributed by atoms with E-state index in [1.807, 2.05) is 23.1 Å². The molecule has 1 aromatic carbocycles. The first-order chi connectivity index (χ1) is 11.2. The van der Waals surface area contributed by atoms with Crippen molar-refractivity contribution in [2.24, 2.45) is 5.92 Å². The van der Waals surface area contributed by atoms with Gasteiger partial charge in [0.25, 0.3) is 0 Å². The summed E-state index contributed by atoms with van der Waals surface area (Å²) in [6, 6.07) is 10.2. The minimum absolute atomic E-state index is 0.0309. The van der Waals surface area contributed by atoms with Gasteiger partial charge in [0.1, 0.15) is 0 Å². The second-order valence-corrected chi connectivity index (χ2v) is 6.66. The minimum Gasteiger partial charge on any atom is -0.392 e. The predicted octanol–water partition coefficient (Wildman–Crippen LogP) is 1.33. The molecule has 2 N–H and O–H groups in total. The van der Waals surface area contributed by atoms with Crippen LogP contribution in [0.5, 0.6) is 0 Å². The molecule has 1 aromatic rings. The van der Waals surface area contributed by atoms with Crippen molar-refractivity contribution in [2.45, 2.75) is 25.4 Å². The predicted molar refractivity (Wildman–Crippen MR) is 90.3 cm³/mol. The number of rotatable bonds is 6.